The van der Waals surface area contributed by atoms with E-state index in [-0.39, 0.29) is 43.8 Å². The van der Waals surface area contributed by atoms with E-state index in [1.54, 1.807) is 91.9 Å². The van der Waals surface area contributed by atoms with Crippen LogP contribution < -0.4 is 4.74 Å². The minimum Gasteiger partial charge on any atom is -0.505 e. The van der Waals surface area contributed by atoms with E-state index in [2.05, 4.69) is 51.1 Å². The van der Waals surface area contributed by atoms with Crippen molar-refractivity contribution in [2.45, 2.75) is 35.5 Å². The summed E-state index contributed by atoms with van der Waals surface area (Å²) in [5.41, 5.74) is 6.10. The minimum atomic E-state index is -4.91. The maximum atomic E-state index is 12.2. The van der Waals surface area contributed by atoms with Gasteiger partial charge < -0.3 is 9.84 Å². The van der Waals surface area contributed by atoms with Crippen molar-refractivity contribution in [1.82, 2.24) is 15.0 Å². The lowest BCUT2D eigenvalue weighted by Crippen LogP contribution is -2.04. The van der Waals surface area contributed by atoms with Crippen LogP contribution in [-0.4, -0.2) is 91.4 Å². The van der Waals surface area contributed by atoms with Crippen LogP contribution in [0.4, 0.5) is 45.5 Å². The molecule has 81 heavy (non-hydrogen) atoms. The van der Waals surface area contributed by atoms with Gasteiger partial charge in [0, 0.05) is 22.2 Å². The number of rotatable bonds is 13. The van der Waals surface area contributed by atoms with Crippen LogP contribution in [-0.2, 0) is 51.6 Å². The number of nitrogens with zero attached hydrogens (tertiary/aromatic N) is 11. The van der Waals surface area contributed by atoms with Crippen molar-refractivity contribution < 1.29 is 74.0 Å². The van der Waals surface area contributed by atoms with Gasteiger partial charge in [0.15, 0.2) is 5.75 Å². The van der Waals surface area contributed by atoms with Gasteiger partial charge in [-0.25, -0.2) is 0 Å². The molecule has 1 heterocycles. The molecule has 33 heteroatoms. The van der Waals surface area contributed by atoms with E-state index in [1.807, 2.05) is 13.8 Å². The predicted molar refractivity (Wildman–Crippen MR) is 288 cm³/mol. The fourth-order valence-corrected chi connectivity index (χ4v) is 9.53. The molecule has 0 fully saturated rings. The Morgan fingerprint density at radius 1 is 0.469 bits per heavy atom. The summed E-state index contributed by atoms with van der Waals surface area (Å²) in [5.74, 6) is 0.163. The Morgan fingerprint density at radius 2 is 0.988 bits per heavy atom. The lowest BCUT2D eigenvalue weighted by Gasteiger charge is -2.08. The average Bonchev–Trinajstić information content (AvgIpc) is 3.73. The Kier molecular flexibility index (Phi) is 17.8. The molecule has 28 nitrogen and oxygen atoms in total. The maximum absolute atomic E-state index is 12.2. The first-order valence-electron chi connectivity index (χ1n) is 22.3. The zero-order chi connectivity index (χ0) is 59.1. The standard InChI is InChI=1S/C48H37N11O11S3.2O3S/c1-26-19-31(10-16-37(26)51-49-30-11-17-38(27(2)20-30)52-53-39-7-5-6-8-45(39)72(64,65)66)50-55-42-25-44(70-4)43(21-28(42)3)56-54-41-15-9-29-22-32(12-13-34(29)48(41)60)59-57-40-18-14-35-36(47(40)58-59)23-33(71(61,62)63)24-46(35)73(67,68)69;2*1-4(2)3/h5-25,60H,1-4H3,(H,61,62,63)(H,64,65,66)(H,67,68,69);;. The molecule has 0 amide bonds. The van der Waals surface area contributed by atoms with Crippen molar-refractivity contribution in [3.8, 4) is 17.2 Å². The van der Waals surface area contributed by atoms with E-state index < -0.39 is 61.4 Å². The Bertz CT molecular complexity index is 4710. The molecule has 0 atom stereocenters. The maximum Gasteiger partial charge on any atom is 0.425 e. The molecule has 4 N–H and O–H groups in total. The van der Waals surface area contributed by atoms with Gasteiger partial charge in [-0.05, 0) is 140 Å². The summed E-state index contributed by atoms with van der Waals surface area (Å²) in [4.78, 5) is -0.613. The summed E-state index contributed by atoms with van der Waals surface area (Å²) in [6.45, 7) is 5.47. The number of methoxy groups -OCH3 is 1. The van der Waals surface area contributed by atoms with Gasteiger partial charge in [-0.3, -0.25) is 13.7 Å². The number of hydrogen-bond donors (Lipinski definition) is 4. The van der Waals surface area contributed by atoms with Crippen molar-refractivity contribution in [1.29, 1.82) is 0 Å². The number of aryl methyl sites for hydroxylation is 3. The Morgan fingerprint density at radius 3 is 1.57 bits per heavy atom. The number of aromatic hydroxyl groups is 1. The van der Waals surface area contributed by atoms with Crippen molar-refractivity contribution in [2.24, 2.45) is 40.9 Å². The second-order valence-electron chi connectivity index (χ2n) is 16.6. The zero-order valence-corrected chi connectivity index (χ0v) is 45.8. The van der Waals surface area contributed by atoms with Crippen LogP contribution in [0.5, 0.6) is 11.5 Å². The third-order valence-corrected chi connectivity index (χ3v) is 13.9. The third-order valence-electron chi connectivity index (χ3n) is 11.3. The van der Waals surface area contributed by atoms with Gasteiger partial charge in [-0.15, -0.1) is 50.8 Å². The van der Waals surface area contributed by atoms with Crippen molar-refractivity contribution >= 4 is 130 Å². The molecular formula is C48H37N11O17S5. The minimum absolute atomic E-state index is 0.00125. The van der Waals surface area contributed by atoms with E-state index >= 15 is 0 Å². The number of fused-ring (bicyclic) bond motifs is 4. The molecule has 0 unspecified atom stereocenters. The highest BCUT2D eigenvalue weighted by Gasteiger charge is 2.23. The van der Waals surface area contributed by atoms with E-state index in [9.17, 15) is 44.0 Å². The molecule has 0 radical (unpaired) electrons. The normalized spacial score (nSPS) is 12.1. The molecule has 416 valence electrons. The number of ether oxygens (including phenoxy) is 1. The van der Waals surface area contributed by atoms with E-state index in [4.69, 9.17) is 30.0 Å². The number of phenols is 1. The van der Waals surface area contributed by atoms with E-state index in [1.165, 1.54) is 42.2 Å². The fraction of sp³-hybridized carbons (Fsp3) is 0.0833. The molecule has 0 aliphatic carbocycles. The molecule has 0 spiro atoms. The van der Waals surface area contributed by atoms with E-state index in [0.717, 1.165) is 11.6 Å². The fourth-order valence-electron chi connectivity index (χ4n) is 7.56. The Balaban J connectivity index is 0.00000111. The van der Waals surface area contributed by atoms with Gasteiger partial charge in [-0.2, -0.15) is 55.6 Å². The quantitative estimate of drug-likeness (QED) is 0.0615. The van der Waals surface area contributed by atoms with Crippen molar-refractivity contribution in [3.63, 3.8) is 0 Å². The first kappa shape index (κ1) is 59.3. The van der Waals surface area contributed by atoms with Crippen molar-refractivity contribution in [3.05, 3.63) is 144 Å². The van der Waals surface area contributed by atoms with Gasteiger partial charge in [0.05, 0.1) is 46.1 Å². The Hall–Kier alpha value is -9.35. The topological polar surface area (TPSA) is 425 Å². The third kappa shape index (κ3) is 14.7. The highest BCUT2D eigenvalue weighted by molar-refractivity contribution is 7.87. The second-order valence-corrected chi connectivity index (χ2v) is 21.6. The largest absolute Gasteiger partial charge is 0.505 e. The van der Waals surface area contributed by atoms with Crippen LogP contribution in [0.3, 0.4) is 0 Å². The summed E-state index contributed by atoms with van der Waals surface area (Å²) >= 11 is 0. The van der Waals surface area contributed by atoms with Crippen LogP contribution in [0.1, 0.15) is 16.7 Å². The number of hydrogen-bond acceptors (Lipinski definition) is 24. The van der Waals surface area contributed by atoms with Gasteiger partial charge >= 0.3 is 21.2 Å². The lowest BCUT2D eigenvalue weighted by molar-refractivity contribution is 0.416. The first-order chi connectivity index (χ1) is 38.1. The van der Waals surface area contributed by atoms with Crippen molar-refractivity contribution in [2.75, 3.05) is 7.11 Å². The molecule has 1 aromatic heterocycles. The molecule has 9 aromatic rings. The highest BCUT2D eigenvalue weighted by Crippen LogP contribution is 2.41. The smallest absolute Gasteiger partial charge is 0.425 e. The van der Waals surface area contributed by atoms with Gasteiger partial charge in [-0.1, -0.05) is 24.3 Å². The number of azo groups is 4. The van der Waals surface area contributed by atoms with Crippen LogP contribution >= 0.6 is 0 Å². The highest BCUT2D eigenvalue weighted by atomic mass is 32.2. The summed E-state index contributed by atoms with van der Waals surface area (Å²) < 4.78 is 157. The summed E-state index contributed by atoms with van der Waals surface area (Å²) in [5, 5.41) is 55.7. The SMILES string of the molecule is COc1cc(N=Nc2ccc(N=Nc3ccc(N=Nc4ccccc4S(=O)(=O)O)c(C)c3)c(C)c2)c(C)cc1N=Nc1ccc2cc(-n3nc4ccc5c(S(=O)(=O)O)cc(S(=O)(=O)O)cc5c4n3)ccc2c1O.O=S(=O)=O.O=S(=O)=O. The Labute approximate surface area is 460 Å². The molecule has 8 aromatic carbocycles. The summed E-state index contributed by atoms with van der Waals surface area (Å²) in [6.07, 6.45) is 0. The number of phenolic OH excluding ortho intramolecular Hbond substituents is 1. The van der Waals surface area contributed by atoms with Gasteiger partial charge in [0.2, 0.25) is 0 Å². The summed E-state index contributed by atoms with van der Waals surface area (Å²) in [7, 11) is -19.0. The predicted octanol–water partition coefficient (Wildman–Crippen LogP) is 10.8. The van der Waals surface area contributed by atoms with Gasteiger partial charge in [0.25, 0.3) is 30.4 Å². The number of benzene rings is 8. The molecule has 0 aliphatic heterocycles. The summed E-state index contributed by atoms with van der Waals surface area (Å²) in [6, 6.07) is 32.2. The van der Waals surface area contributed by atoms with Crippen LogP contribution in [0.2, 0.25) is 0 Å². The number of aromatic nitrogens is 3. The molecular weight excluding hydrogens is 1160 g/mol. The lowest BCUT2D eigenvalue weighted by atomic mass is 10.1. The van der Waals surface area contributed by atoms with Crippen LogP contribution in [0.25, 0.3) is 38.3 Å². The molecule has 0 aliphatic rings. The van der Waals surface area contributed by atoms with Gasteiger partial charge in [0.1, 0.15) is 43.6 Å². The monoisotopic (exact) mass is 1200 g/mol. The molecule has 0 saturated carbocycles. The van der Waals surface area contributed by atoms with Crippen LogP contribution in [0, 0.1) is 20.8 Å². The second kappa shape index (κ2) is 24.3. The molecule has 0 saturated heterocycles. The molecule has 0 bridgehead atoms. The molecule has 9 rings (SSSR count). The average molecular weight is 1200 g/mol. The first-order valence-corrected chi connectivity index (χ1v) is 28.6. The van der Waals surface area contributed by atoms with E-state index in [0.29, 0.717) is 73.5 Å². The zero-order valence-electron chi connectivity index (χ0n) is 41.7. The van der Waals surface area contributed by atoms with Crippen LogP contribution in [0.15, 0.2) is 183 Å².